The molecule has 0 unspecified atom stereocenters. The van der Waals surface area contributed by atoms with Crippen molar-refractivity contribution in [1.82, 2.24) is 0 Å². The monoisotopic (exact) mass is 324 g/mol. The first-order chi connectivity index (χ1) is 11.9. The van der Waals surface area contributed by atoms with Crippen LogP contribution >= 0.6 is 0 Å². The van der Waals surface area contributed by atoms with Gasteiger partial charge in [-0.2, -0.15) is 0 Å². The smallest absolute Gasteiger partial charge is 0.231 e. The molecule has 0 fully saturated rings. The number of hydrogen-bond donors (Lipinski definition) is 0. The summed E-state index contributed by atoms with van der Waals surface area (Å²) >= 11 is 0. The van der Waals surface area contributed by atoms with Gasteiger partial charge in [0.25, 0.3) is 0 Å². The molecule has 0 aromatic heterocycles. The van der Waals surface area contributed by atoms with Gasteiger partial charge in [0.1, 0.15) is 0 Å². The van der Waals surface area contributed by atoms with E-state index < -0.39 is 0 Å². The highest BCUT2D eigenvalue weighted by molar-refractivity contribution is 5.82. The van der Waals surface area contributed by atoms with Gasteiger partial charge in [0.2, 0.25) is 13.6 Å². The zero-order valence-electron chi connectivity index (χ0n) is 13.0. The highest BCUT2D eigenvalue weighted by Gasteiger charge is 2.13. The second kappa shape index (κ2) is 6.62. The third kappa shape index (κ3) is 3.17. The SMILES string of the molecule is C(=NCCN=Cc1ccc2c(c1)OCO2)c1ccc2c(c1)OCO2. The zero-order valence-corrected chi connectivity index (χ0v) is 13.0. The number of nitrogens with zero attached hydrogens (tertiary/aromatic N) is 2. The second-order valence-corrected chi connectivity index (χ2v) is 5.30. The van der Waals surface area contributed by atoms with E-state index in [-0.39, 0.29) is 13.6 Å². The predicted octanol–water partition coefficient (Wildman–Crippen LogP) is 2.68. The summed E-state index contributed by atoms with van der Waals surface area (Å²) in [5.41, 5.74) is 1.97. The zero-order chi connectivity index (χ0) is 16.2. The van der Waals surface area contributed by atoms with Gasteiger partial charge in [0, 0.05) is 12.4 Å². The molecule has 6 heteroatoms. The quantitative estimate of drug-likeness (QED) is 0.627. The molecule has 0 radical (unpaired) electrons. The van der Waals surface area contributed by atoms with Gasteiger partial charge < -0.3 is 18.9 Å². The Morgan fingerprint density at radius 3 is 1.62 bits per heavy atom. The first kappa shape index (κ1) is 14.6. The highest BCUT2D eigenvalue weighted by Crippen LogP contribution is 2.32. The number of hydrogen-bond acceptors (Lipinski definition) is 6. The van der Waals surface area contributed by atoms with Crippen molar-refractivity contribution in [3.8, 4) is 23.0 Å². The van der Waals surface area contributed by atoms with Crippen LogP contribution in [0.25, 0.3) is 0 Å². The van der Waals surface area contributed by atoms with Crippen LogP contribution in [0, 0.1) is 0 Å². The number of rotatable bonds is 5. The van der Waals surface area contributed by atoms with Gasteiger partial charge in [-0.25, -0.2) is 0 Å². The van der Waals surface area contributed by atoms with Gasteiger partial charge in [0.05, 0.1) is 13.1 Å². The van der Waals surface area contributed by atoms with Crippen molar-refractivity contribution in [3.05, 3.63) is 47.5 Å². The van der Waals surface area contributed by atoms with Crippen molar-refractivity contribution < 1.29 is 18.9 Å². The van der Waals surface area contributed by atoms with Crippen LogP contribution in [0.15, 0.2) is 46.4 Å². The minimum Gasteiger partial charge on any atom is -0.454 e. The molecule has 6 nitrogen and oxygen atoms in total. The molecule has 2 aromatic carbocycles. The molecule has 0 atom stereocenters. The van der Waals surface area contributed by atoms with Gasteiger partial charge in [0.15, 0.2) is 23.0 Å². The molecule has 24 heavy (non-hydrogen) atoms. The van der Waals surface area contributed by atoms with E-state index in [1.165, 1.54) is 0 Å². The molecule has 0 bridgehead atoms. The van der Waals surface area contributed by atoms with Crippen LogP contribution in [-0.2, 0) is 0 Å². The largest absolute Gasteiger partial charge is 0.454 e. The molecule has 0 amide bonds. The minimum absolute atomic E-state index is 0.282. The maximum Gasteiger partial charge on any atom is 0.231 e. The van der Waals surface area contributed by atoms with Crippen LogP contribution in [0.5, 0.6) is 23.0 Å². The standard InChI is InChI=1S/C18H16N2O4/c1-3-15-17(23-11-21-15)7-13(1)9-19-5-6-20-10-14-2-4-16-18(8-14)24-12-22-16/h1-4,7-10H,5-6,11-12H2. The van der Waals surface area contributed by atoms with E-state index in [9.17, 15) is 0 Å². The molecular formula is C18H16N2O4. The summed E-state index contributed by atoms with van der Waals surface area (Å²) in [6, 6.07) is 11.5. The van der Waals surface area contributed by atoms with E-state index in [1.54, 1.807) is 0 Å². The fraction of sp³-hybridized carbons (Fsp3) is 0.222. The lowest BCUT2D eigenvalue weighted by Gasteiger charge is -1.98. The van der Waals surface area contributed by atoms with E-state index in [1.807, 2.05) is 48.8 Å². The highest BCUT2D eigenvalue weighted by atomic mass is 16.7. The van der Waals surface area contributed by atoms with Crippen molar-refractivity contribution in [2.24, 2.45) is 9.98 Å². The Hall–Kier alpha value is -3.02. The van der Waals surface area contributed by atoms with Crippen molar-refractivity contribution in [1.29, 1.82) is 0 Å². The first-order valence-electron chi connectivity index (χ1n) is 7.67. The lowest BCUT2D eigenvalue weighted by atomic mass is 10.2. The molecule has 2 aromatic rings. The number of ether oxygens (including phenoxy) is 4. The third-order valence-corrected chi connectivity index (χ3v) is 3.63. The second-order valence-electron chi connectivity index (χ2n) is 5.30. The first-order valence-corrected chi connectivity index (χ1v) is 7.67. The topological polar surface area (TPSA) is 61.6 Å². The molecule has 0 aliphatic carbocycles. The summed E-state index contributed by atoms with van der Waals surface area (Å²) in [5, 5.41) is 0. The Kier molecular flexibility index (Phi) is 4.02. The fourth-order valence-corrected chi connectivity index (χ4v) is 2.44. The summed E-state index contributed by atoms with van der Waals surface area (Å²) in [7, 11) is 0. The van der Waals surface area contributed by atoms with Crippen molar-refractivity contribution in [3.63, 3.8) is 0 Å². The predicted molar refractivity (Wildman–Crippen MR) is 90.1 cm³/mol. The van der Waals surface area contributed by atoms with Crippen LogP contribution < -0.4 is 18.9 Å². The van der Waals surface area contributed by atoms with Gasteiger partial charge in [-0.3, -0.25) is 9.98 Å². The molecule has 122 valence electrons. The Morgan fingerprint density at radius 1 is 0.667 bits per heavy atom. The minimum atomic E-state index is 0.282. The Labute approximate surface area is 139 Å². The van der Waals surface area contributed by atoms with Crippen LogP contribution in [0.4, 0.5) is 0 Å². The molecule has 0 saturated heterocycles. The Bertz CT molecular complexity index is 734. The van der Waals surface area contributed by atoms with Gasteiger partial charge >= 0.3 is 0 Å². The van der Waals surface area contributed by atoms with E-state index >= 15 is 0 Å². The molecule has 2 aliphatic rings. The maximum atomic E-state index is 5.34. The Morgan fingerprint density at radius 2 is 1.12 bits per heavy atom. The maximum absolute atomic E-state index is 5.34. The van der Waals surface area contributed by atoms with Crippen molar-refractivity contribution in [2.45, 2.75) is 0 Å². The van der Waals surface area contributed by atoms with E-state index in [0.717, 1.165) is 34.1 Å². The Balaban J connectivity index is 1.28. The third-order valence-electron chi connectivity index (χ3n) is 3.63. The summed E-state index contributed by atoms with van der Waals surface area (Å²) in [5.74, 6) is 3.08. The lowest BCUT2D eigenvalue weighted by molar-refractivity contribution is 0.173. The van der Waals surface area contributed by atoms with E-state index in [0.29, 0.717) is 13.1 Å². The number of benzene rings is 2. The summed E-state index contributed by atoms with van der Waals surface area (Å²) in [6.07, 6.45) is 3.64. The van der Waals surface area contributed by atoms with Crippen LogP contribution in [0.1, 0.15) is 11.1 Å². The molecule has 2 aliphatic heterocycles. The lowest BCUT2D eigenvalue weighted by Crippen LogP contribution is -1.93. The van der Waals surface area contributed by atoms with Gasteiger partial charge in [-0.1, -0.05) is 0 Å². The molecule has 0 saturated carbocycles. The van der Waals surface area contributed by atoms with E-state index in [4.69, 9.17) is 18.9 Å². The molecule has 2 heterocycles. The summed E-state index contributed by atoms with van der Waals surface area (Å²) < 4.78 is 21.2. The molecular weight excluding hydrogens is 308 g/mol. The molecule has 0 spiro atoms. The fourth-order valence-electron chi connectivity index (χ4n) is 2.44. The molecule has 4 rings (SSSR count). The summed E-state index contributed by atoms with van der Waals surface area (Å²) in [6.45, 7) is 1.81. The van der Waals surface area contributed by atoms with Gasteiger partial charge in [-0.05, 0) is 47.5 Å². The van der Waals surface area contributed by atoms with Crippen LogP contribution in [-0.4, -0.2) is 39.1 Å². The van der Waals surface area contributed by atoms with Gasteiger partial charge in [-0.15, -0.1) is 0 Å². The number of aliphatic imine (C=N–C) groups is 2. The van der Waals surface area contributed by atoms with Crippen LogP contribution in [0.3, 0.4) is 0 Å². The average molecular weight is 324 g/mol. The normalized spacial score (nSPS) is 14.8. The van der Waals surface area contributed by atoms with E-state index in [2.05, 4.69) is 9.98 Å². The van der Waals surface area contributed by atoms with Crippen molar-refractivity contribution in [2.75, 3.05) is 26.7 Å². The number of fused-ring (bicyclic) bond motifs is 2. The van der Waals surface area contributed by atoms with Crippen LogP contribution in [0.2, 0.25) is 0 Å². The average Bonchev–Trinajstić information content (AvgIpc) is 3.25. The molecule has 0 N–H and O–H groups in total. The summed E-state index contributed by atoms with van der Waals surface area (Å²) in [4.78, 5) is 8.75. The van der Waals surface area contributed by atoms with Crippen molar-refractivity contribution >= 4 is 12.4 Å².